The van der Waals surface area contributed by atoms with Crippen molar-refractivity contribution in [2.45, 2.75) is 25.7 Å². The highest BCUT2D eigenvalue weighted by molar-refractivity contribution is 5.49. The fourth-order valence-electron chi connectivity index (χ4n) is 1.56. The molecular formula is C14H20FNO. The van der Waals surface area contributed by atoms with E-state index >= 15 is 0 Å². The smallest absolute Gasteiger partial charge is 0.188 e. The standard InChI is InChI=1S/C14H20FNO/c1-3-4-5-6-7-11-17-13-10-8-9-12(16-2)14(13)15/h3,8-10,16H,1,4-7,11H2,2H3. The minimum absolute atomic E-state index is 0.318. The first kappa shape index (κ1) is 13.6. The topological polar surface area (TPSA) is 21.3 Å². The number of anilines is 1. The van der Waals surface area contributed by atoms with Crippen LogP contribution in [0.5, 0.6) is 5.75 Å². The van der Waals surface area contributed by atoms with E-state index in [0.29, 0.717) is 18.0 Å². The maximum Gasteiger partial charge on any atom is 0.188 e. The molecule has 0 amide bonds. The summed E-state index contributed by atoms with van der Waals surface area (Å²) in [6, 6.07) is 5.12. The van der Waals surface area contributed by atoms with Crippen molar-refractivity contribution in [3.63, 3.8) is 0 Å². The number of ether oxygens (including phenoxy) is 1. The van der Waals surface area contributed by atoms with E-state index in [0.717, 1.165) is 25.7 Å². The van der Waals surface area contributed by atoms with Gasteiger partial charge in [-0.1, -0.05) is 12.1 Å². The fourth-order valence-corrected chi connectivity index (χ4v) is 1.56. The average molecular weight is 237 g/mol. The van der Waals surface area contributed by atoms with E-state index in [4.69, 9.17) is 4.74 Å². The summed E-state index contributed by atoms with van der Waals surface area (Å²) in [7, 11) is 1.69. The van der Waals surface area contributed by atoms with Crippen LogP contribution >= 0.6 is 0 Å². The molecular weight excluding hydrogens is 217 g/mol. The molecule has 3 heteroatoms. The lowest BCUT2D eigenvalue weighted by molar-refractivity contribution is 0.291. The molecule has 0 unspecified atom stereocenters. The molecule has 0 heterocycles. The zero-order valence-corrected chi connectivity index (χ0v) is 10.3. The number of hydrogen-bond donors (Lipinski definition) is 1. The van der Waals surface area contributed by atoms with Crippen LogP contribution in [-0.2, 0) is 0 Å². The molecule has 17 heavy (non-hydrogen) atoms. The van der Waals surface area contributed by atoms with Gasteiger partial charge in [0.25, 0.3) is 0 Å². The van der Waals surface area contributed by atoms with Crippen molar-refractivity contribution in [3.8, 4) is 5.75 Å². The second kappa shape index (κ2) is 7.71. The van der Waals surface area contributed by atoms with Gasteiger partial charge < -0.3 is 10.1 Å². The number of allylic oxidation sites excluding steroid dienone is 1. The van der Waals surface area contributed by atoms with Crippen molar-refractivity contribution in [1.82, 2.24) is 0 Å². The predicted octanol–water partition coefficient (Wildman–Crippen LogP) is 3.99. The van der Waals surface area contributed by atoms with Crippen LogP contribution in [0.25, 0.3) is 0 Å². The minimum Gasteiger partial charge on any atom is -0.490 e. The van der Waals surface area contributed by atoms with Gasteiger partial charge in [0.05, 0.1) is 12.3 Å². The van der Waals surface area contributed by atoms with E-state index in [2.05, 4.69) is 11.9 Å². The molecule has 0 radical (unpaired) electrons. The lowest BCUT2D eigenvalue weighted by Gasteiger charge is -2.09. The van der Waals surface area contributed by atoms with Crippen LogP contribution in [0.4, 0.5) is 10.1 Å². The lowest BCUT2D eigenvalue weighted by atomic mass is 10.2. The predicted molar refractivity (Wildman–Crippen MR) is 70.1 cm³/mol. The van der Waals surface area contributed by atoms with Gasteiger partial charge >= 0.3 is 0 Å². The molecule has 0 bridgehead atoms. The maximum atomic E-state index is 13.7. The van der Waals surface area contributed by atoms with E-state index in [-0.39, 0.29) is 5.82 Å². The van der Waals surface area contributed by atoms with Gasteiger partial charge in [-0.15, -0.1) is 6.58 Å². The zero-order valence-electron chi connectivity index (χ0n) is 10.3. The highest BCUT2D eigenvalue weighted by Crippen LogP contribution is 2.24. The number of benzene rings is 1. The van der Waals surface area contributed by atoms with Crippen LogP contribution in [-0.4, -0.2) is 13.7 Å². The molecule has 1 N–H and O–H groups in total. The van der Waals surface area contributed by atoms with Crippen LogP contribution in [0.1, 0.15) is 25.7 Å². The van der Waals surface area contributed by atoms with Gasteiger partial charge in [0.1, 0.15) is 0 Å². The van der Waals surface area contributed by atoms with Crippen molar-refractivity contribution in [2.75, 3.05) is 19.0 Å². The first-order chi connectivity index (χ1) is 8.29. The van der Waals surface area contributed by atoms with Crippen LogP contribution in [0.2, 0.25) is 0 Å². The van der Waals surface area contributed by atoms with Crippen LogP contribution in [0.3, 0.4) is 0 Å². The Bertz CT molecular complexity index is 352. The minimum atomic E-state index is -0.318. The van der Waals surface area contributed by atoms with Gasteiger partial charge in [0, 0.05) is 7.05 Å². The third kappa shape index (κ3) is 4.47. The molecule has 0 fully saturated rings. The Labute approximate surface area is 102 Å². The summed E-state index contributed by atoms with van der Waals surface area (Å²) in [4.78, 5) is 0. The van der Waals surface area contributed by atoms with E-state index in [1.165, 1.54) is 0 Å². The van der Waals surface area contributed by atoms with Gasteiger partial charge in [0.2, 0.25) is 0 Å². The van der Waals surface area contributed by atoms with Crippen LogP contribution < -0.4 is 10.1 Å². The van der Waals surface area contributed by atoms with Gasteiger partial charge in [-0.3, -0.25) is 0 Å². The number of rotatable bonds is 8. The average Bonchev–Trinajstić information content (AvgIpc) is 2.35. The summed E-state index contributed by atoms with van der Waals surface area (Å²) in [6.45, 7) is 4.23. The zero-order chi connectivity index (χ0) is 12.5. The summed E-state index contributed by atoms with van der Waals surface area (Å²) >= 11 is 0. The second-order valence-corrected chi connectivity index (χ2v) is 3.85. The Morgan fingerprint density at radius 3 is 2.88 bits per heavy atom. The molecule has 1 aromatic carbocycles. The summed E-state index contributed by atoms with van der Waals surface area (Å²) in [5, 5.41) is 2.79. The summed E-state index contributed by atoms with van der Waals surface area (Å²) in [6.07, 6.45) is 6.09. The van der Waals surface area contributed by atoms with E-state index in [9.17, 15) is 4.39 Å². The van der Waals surface area contributed by atoms with E-state index in [1.807, 2.05) is 6.08 Å². The van der Waals surface area contributed by atoms with Crippen molar-refractivity contribution < 1.29 is 9.13 Å². The summed E-state index contributed by atoms with van der Waals surface area (Å²) < 4.78 is 19.1. The molecule has 2 nitrogen and oxygen atoms in total. The molecule has 0 atom stereocenters. The Hall–Kier alpha value is -1.51. The van der Waals surface area contributed by atoms with Crippen LogP contribution in [0.15, 0.2) is 30.9 Å². The first-order valence-electron chi connectivity index (χ1n) is 5.99. The Morgan fingerprint density at radius 1 is 1.35 bits per heavy atom. The highest BCUT2D eigenvalue weighted by atomic mass is 19.1. The Kier molecular flexibility index (Phi) is 6.15. The third-order valence-electron chi connectivity index (χ3n) is 2.54. The molecule has 94 valence electrons. The second-order valence-electron chi connectivity index (χ2n) is 3.85. The van der Waals surface area contributed by atoms with Crippen LogP contribution in [0, 0.1) is 5.82 Å². The molecule has 0 saturated heterocycles. The van der Waals surface area contributed by atoms with Crippen molar-refractivity contribution in [2.24, 2.45) is 0 Å². The van der Waals surface area contributed by atoms with Gasteiger partial charge in [-0.2, -0.15) is 0 Å². The van der Waals surface area contributed by atoms with Gasteiger partial charge in [-0.05, 0) is 37.8 Å². The molecule has 0 aliphatic carbocycles. The number of unbranched alkanes of at least 4 members (excludes halogenated alkanes) is 3. The lowest BCUT2D eigenvalue weighted by Crippen LogP contribution is -2.01. The molecule has 0 aliphatic rings. The Morgan fingerprint density at radius 2 is 2.18 bits per heavy atom. The van der Waals surface area contributed by atoms with E-state index in [1.54, 1.807) is 25.2 Å². The SMILES string of the molecule is C=CCCCCCOc1cccc(NC)c1F. The molecule has 1 rings (SSSR count). The summed E-state index contributed by atoms with van der Waals surface area (Å²) in [5.41, 5.74) is 0.467. The quantitative estimate of drug-likeness (QED) is 0.545. The van der Waals surface area contributed by atoms with E-state index < -0.39 is 0 Å². The monoisotopic (exact) mass is 237 g/mol. The molecule has 0 aromatic heterocycles. The van der Waals surface area contributed by atoms with Gasteiger partial charge in [-0.25, -0.2) is 4.39 Å². The molecule has 0 aliphatic heterocycles. The Balaban J connectivity index is 2.34. The van der Waals surface area contributed by atoms with Gasteiger partial charge in [0.15, 0.2) is 11.6 Å². The third-order valence-corrected chi connectivity index (χ3v) is 2.54. The van der Waals surface area contributed by atoms with Crippen molar-refractivity contribution in [3.05, 3.63) is 36.7 Å². The molecule has 1 aromatic rings. The molecule has 0 saturated carbocycles. The highest BCUT2D eigenvalue weighted by Gasteiger charge is 2.07. The fraction of sp³-hybridized carbons (Fsp3) is 0.429. The number of halogens is 1. The largest absolute Gasteiger partial charge is 0.490 e. The summed E-state index contributed by atoms with van der Waals surface area (Å²) in [5.74, 6) is 0.00154. The first-order valence-corrected chi connectivity index (χ1v) is 5.99. The van der Waals surface area contributed by atoms with Crippen molar-refractivity contribution in [1.29, 1.82) is 0 Å². The normalized spacial score (nSPS) is 10.0. The van der Waals surface area contributed by atoms with Crippen molar-refractivity contribution >= 4 is 5.69 Å². The number of nitrogens with one attached hydrogen (secondary N) is 1. The number of hydrogen-bond acceptors (Lipinski definition) is 2. The maximum absolute atomic E-state index is 13.7. The molecule has 0 spiro atoms.